The van der Waals surface area contributed by atoms with Gasteiger partial charge in [-0.2, -0.15) is 0 Å². The minimum atomic E-state index is -3.60. The number of nitrogens with two attached hydrogens (primary N) is 1. The molecule has 0 saturated carbocycles. The van der Waals surface area contributed by atoms with Gasteiger partial charge in [0.05, 0.1) is 5.75 Å². The first-order chi connectivity index (χ1) is 8.99. The number of nitrogens with zero attached hydrogens (tertiary/aromatic N) is 2. The molecule has 2 rings (SSSR count). The predicted molar refractivity (Wildman–Crippen MR) is 76.4 cm³/mol. The Morgan fingerprint density at radius 3 is 2.50 bits per heavy atom. The van der Waals surface area contributed by atoms with Gasteiger partial charge >= 0.3 is 0 Å². The summed E-state index contributed by atoms with van der Waals surface area (Å²) in [5.41, 5.74) is 4.39. The Morgan fingerprint density at radius 1 is 1.35 bits per heavy atom. The standard InChI is InChI=1S/C12H15BFN3O2S/c1-11(2)10(15)17-12(3,6-20(11,18)19)9-7(14)4-5-8(13)16-9/h4-5H,6H2,1-3H3,(H2,15,17). The summed E-state index contributed by atoms with van der Waals surface area (Å²) < 4.78 is 37.4. The van der Waals surface area contributed by atoms with Crippen molar-refractivity contribution < 1.29 is 12.8 Å². The van der Waals surface area contributed by atoms with Gasteiger partial charge in [0.15, 0.2) is 9.84 Å². The zero-order valence-electron chi connectivity index (χ0n) is 11.5. The molecule has 2 radical (unpaired) electrons. The Labute approximate surface area is 118 Å². The van der Waals surface area contributed by atoms with Gasteiger partial charge in [0.25, 0.3) is 0 Å². The predicted octanol–water partition coefficient (Wildman–Crippen LogP) is -0.206. The van der Waals surface area contributed by atoms with Crippen molar-refractivity contribution in [2.45, 2.75) is 31.1 Å². The summed E-state index contributed by atoms with van der Waals surface area (Å²) in [6.45, 7) is 4.44. The smallest absolute Gasteiger partial charge is 0.165 e. The van der Waals surface area contributed by atoms with Crippen LogP contribution in [-0.4, -0.2) is 37.6 Å². The average Bonchev–Trinajstić information content (AvgIpc) is 2.29. The van der Waals surface area contributed by atoms with Crippen molar-refractivity contribution in [2.75, 3.05) is 5.75 Å². The van der Waals surface area contributed by atoms with Gasteiger partial charge in [-0.15, -0.1) is 0 Å². The summed E-state index contributed by atoms with van der Waals surface area (Å²) in [5.74, 6) is -1.09. The first kappa shape index (κ1) is 15.0. The van der Waals surface area contributed by atoms with E-state index < -0.39 is 25.9 Å². The molecule has 20 heavy (non-hydrogen) atoms. The molecular formula is C12H15BFN3O2S. The van der Waals surface area contributed by atoms with E-state index >= 15 is 0 Å². The highest BCUT2D eigenvalue weighted by Gasteiger charge is 2.50. The monoisotopic (exact) mass is 295 g/mol. The lowest BCUT2D eigenvalue weighted by Gasteiger charge is -2.37. The maximum absolute atomic E-state index is 13.9. The van der Waals surface area contributed by atoms with Crippen LogP contribution >= 0.6 is 0 Å². The number of amidine groups is 1. The Kier molecular flexibility index (Phi) is 3.20. The van der Waals surface area contributed by atoms with Crippen LogP contribution in [0.5, 0.6) is 0 Å². The number of aromatic nitrogens is 1. The minimum absolute atomic E-state index is 0.0603. The molecule has 1 aliphatic heterocycles. The normalized spacial score (nSPS) is 27.9. The van der Waals surface area contributed by atoms with Crippen molar-refractivity contribution in [3.63, 3.8) is 0 Å². The molecule has 0 spiro atoms. The zero-order chi connectivity index (χ0) is 15.3. The van der Waals surface area contributed by atoms with Gasteiger partial charge < -0.3 is 5.73 Å². The van der Waals surface area contributed by atoms with Crippen LogP contribution in [0.4, 0.5) is 4.39 Å². The van der Waals surface area contributed by atoms with Crippen LogP contribution in [0.25, 0.3) is 0 Å². The molecule has 0 amide bonds. The molecule has 1 aliphatic rings. The second kappa shape index (κ2) is 4.28. The molecule has 0 aromatic carbocycles. The van der Waals surface area contributed by atoms with Crippen LogP contribution in [0.15, 0.2) is 17.1 Å². The van der Waals surface area contributed by atoms with E-state index in [-0.39, 0.29) is 22.9 Å². The fraction of sp³-hybridized carbons (Fsp3) is 0.500. The minimum Gasteiger partial charge on any atom is -0.386 e. The van der Waals surface area contributed by atoms with Gasteiger partial charge in [-0.3, -0.25) is 9.98 Å². The second-order valence-electron chi connectivity index (χ2n) is 5.61. The summed E-state index contributed by atoms with van der Waals surface area (Å²) in [5, 5.41) is 0. The molecular weight excluding hydrogens is 280 g/mol. The number of pyridine rings is 1. The van der Waals surface area contributed by atoms with E-state index in [1.165, 1.54) is 26.8 Å². The van der Waals surface area contributed by atoms with E-state index in [0.29, 0.717) is 0 Å². The molecule has 1 unspecified atom stereocenters. The molecule has 0 bridgehead atoms. The fourth-order valence-corrected chi connectivity index (χ4v) is 3.77. The molecule has 2 N–H and O–H groups in total. The van der Waals surface area contributed by atoms with Crippen LogP contribution in [0.3, 0.4) is 0 Å². The van der Waals surface area contributed by atoms with Gasteiger partial charge in [-0.25, -0.2) is 12.8 Å². The highest BCUT2D eigenvalue weighted by atomic mass is 32.2. The van der Waals surface area contributed by atoms with Crippen LogP contribution in [0, 0.1) is 5.82 Å². The maximum Gasteiger partial charge on any atom is 0.165 e. The van der Waals surface area contributed by atoms with E-state index in [4.69, 9.17) is 13.6 Å². The molecule has 0 aliphatic carbocycles. The van der Waals surface area contributed by atoms with Crippen molar-refractivity contribution in [1.82, 2.24) is 4.98 Å². The Morgan fingerprint density at radius 2 is 1.95 bits per heavy atom. The molecule has 8 heteroatoms. The SMILES string of the molecule is [B]c1ccc(F)c(C2(C)CS(=O)(=O)C(C)(C)C(N)=N2)n1. The number of halogens is 1. The molecule has 1 aromatic rings. The lowest BCUT2D eigenvalue weighted by atomic mass is 9.95. The Balaban J connectivity index is 2.69. The number of hydrogen-bond acceptors (Lipinski definition) is 5. The lowest BCUT2D eigenvalue weighted by Crippen LogP contribution is -2.55. The Bertz CT molecular complexity index is 703. The van der Waals surface area contributed by atoms with Gasteiger partial charge in [0, 0.05) is 0 Å². The first-order valence-corrected chi connectivity index (χ1v) is 7.65. The Hall–Kier alpha value is -1.44. The summed E-state index contributed by atoms with van der Waals surface area (Å²) >= 11 is 0. The highest BCUT2D eigenvalue weighted by molar-refractivity contribution is 7.93. The van der Waals surface area contributed by atoms with E-state index in [2.05, 4.69) is 9.98 Å². The molecule has 0 saturated heterocycles. The molecule has 1 atom stereocenters. The van der Waals surface area contributed by atoms with Crippen molar-refractivity contribution in [2.24, 2.45) is 10.7 Å². The summed E-state index contributed by atoms with van der Waals surface area (Å²) in [6.07, 6.45) is 0. The molecule has 2 heterocycles. The van der Waals surface area contributed by atoms with Gasteiger partial charge in [0.2, 0.25) is 0 Å². The summed E-state index contributed by atoms with van der Waals surface area (Å²) in [6, 6.07) is 2.44. The third-order valence-electron chi connectivity index (χ3n) is 3.61. The van der Waals surface area contributed by atoms with Gasteiger partial charge in [-0.05, 0) is 38.5 Å². The summed E-state index contributed by atoms with van der Waals surface area (Å²) in [4.78, 5) is 8.08. The van der Waals surface area contributed by atoms with E-state index in [9.17, 15) is 12.8 Å². The topological polar surface area (TPSA) is 85.4 Å². The average molecular weight is 295 g/mol. The molecule has 106 valence electrons. The maximum atomic E-state index is 13.9. The number of sulfone groups is 1. The quantitative estimate of drug-likeness (QED) is 0.727. The van der Waals surface area contributed by atoms with E-state index in [1.54, 1.807) is 0 Å². The molecule has 5 nitrogen and oxygen atoms in total. The van der Waals surface area contributed by atoms with Crippen LogP contribution < -0.4 is 11.3 Å². The van der Waals surface area contributed by atoms with E-state index in [0.717, 1.165) is 6.07 Å². The number of rotatable bonds is 1. The zero-order valence-corrected chi connectivity index (χ0v) is 12.3. The lowest BCUT2D eigenvalue weighted by molar-refractivity contribution is 0.462. The fourth-order valence-electron chi connectivity index (χ4n) is 2.10. The first-order valence-electron chi connectivity index (χ1n) is 6.00. The van der Waals surface area contributed by atoms with Gasteiger partial charge in [-0.1, -0.05) is 0 Å². The van der Waals surface area contributed by atoms with Crippen molar-refractivity contribution in [3.8, 4) is 0 Å². The van der Waals surface area contributed by atoms with Crippen LogP contribution in [0.1, 0.15) is 26.5 Å². The van der Waals surface area contributed by atoms with Crippen LogP contribution in [-0.2, 0) is 15.4 Å². The number of aliphatic imine (C=N–C) groups is 1. The largest absolute Gasteiger partial charge is 0.386 e. The van der Waals surface area contributed by atoms with Crippen molar-refractivity contribution in [1.29, 1.82) is 0 Å². The third-order valence-corrected chi connectivity index (χ3v) is 6.32. The van der Waals surface area contributed by atoms with Crippen LogP contribution in [0.2, 0.25) is 0 Å². The van der Waals surface area contributed by atoms with Crippen molar-refractivity contribution >= 4 is 29.1 Å². The second-order valence-corrected chi connectivity index (χ2v) is 8.15. The number of hydrogen-bond donors (Lipinski definition) is 1. The highest BCUT2D eigenvalue weighted by Crippen LogP contribution is 2.36. The van der Waals surface area contributed by atoms with Crippen molar-refractivity contribution in [3.05, 3.63) is 23.6 Å². The molecule has 1 aromatic heterocycles. The van der Waals surface area contributed by atoms with E-state index in [1.807, 2.05) is 0 Å². The van der Waals surface area contributed by atoms with Gasteiger partial charge in [0.1, 0.15) is 35.5 Å². The third kappa shape index (κ3) is 2.11. The molecule has 0 fully saturated rings. The summed E-state index contributed by atoms with van der Waals surface area (Å²) in [7, 11) is 1.94.